The standard InChI is InChI=1S/C22H8F2N4/c23-21-17(9-25)5-15(6-18(21)10-26)13-2-1-3-14(4-13)16-7-19(11-27)22(24)20(8-16)12-28/h1-8H. The molecule has 0 heterocycles. The molecule has 0 saturated carbocycles. The van der Waals surface area contributed by atoms with Crippen molar-refractivity contribution < 1.29 is 8.78 Å². The summed E-state index contributed by atoms with van der Waals surface area (Å²) >= 11 is 0. The fourth-order valence-electron chi connectivity index (χ4n) is 2.79. The molecule has 0 spiro atoms. The monoisotopic (exact) mass is 366 g/mol. The minimum absolute atomic E-state index is 0.250. The maximum atomic E-state index is 14.0. The van der Waals surface area contributed by atoms with Crippen molar-refractivity contribution in [1.82, 2.24) is 0 Å². The molecule has 0 aliphatic heterocycles. The van der Waals surface area contributed by atoms with Gasteiger partial charge in [0.05, 0.1) is 22.3 Å². The molecule has 6 heteroatoms. The molecule has 28 heavy (non-hydrogen) atoms. The second-order valence-corrected chi connectivity index (χ2v) is 5.80. The topological polar surface area (TPSA) is 95.2 Å². The van der Waals surface area contributed by atoms with Crippen LogP contribution in [0.4, 0.5) is 8.78 Å². The number of halogens is 2. The van der Waals surface area contributed by atoms with Gasteiger partial charge >= 0.3 is 0 Å². The van der Waals surface area contributed by atoms with Gasteiger partial charge in [0.15, 0.2) is 11.6 Å². The average Bonchev–Trinajstić information content (AvgIpc) is 2.74. The molecule has 0 bridgehead atoms. The first-order valence-corrected chi connectivity index (χ1v) is 7.90. The highest BCUT2D eigenvalue weighted by atomic mass is 19.1. The van der Waals surface area contributed by atoms with Gasteiger partial charge in [-0.1, -0.05) is 18.2 Å². The van der Waals surface area contributed by atoms with Gasteiger partial charge in [-0.15, -0.1) is 0 Å². The van der Waals surface area contributed by atoms with Crippen molar-refractivity contribution in [3.8, 4) is 46.5 Å². The van der Waals surface area contributed by atoms with E-state index in [1.54, 1.807) is 48.5 Å². The van der Waals surface area contributed by atoms with Gasteiger partial charge in [0, 0.05) is 0 Å². The first-order valence-electron chi connectivity index (χ1n) is 7.90. The van der Waals surface area contributed by atoms with Crippen molar-refractivity contribution in [2.24, 2.45) is 0 Å². The third-order valence-electron chi connectivity index (χ3n) is 4.16. The van der Waals surface area contributed by atoms with E-state index in [0.717, 1.165) is 0 Å². The number of rotatable bonds is 2. The summed E-state index contributed by atoms with van der Waals surface area (Å²) < 4.78 is 28.0. The van der Waals surface area contributed by atoms with Gasteiger partial charge in [-0.05, 0) is 52.6 Å². The van der Waals surface area contributed by atoms with Gasteiger partial charge in [0.1, 0.15) is 24.3 Å². The van der Waals surface area contributed by atoms with E-state index in [1.165, 1.54) is 24.3 Å². The van der Waals surface area contributed by atoms with E-state index in [-0.39, 0.29) is 22.3 Å². The third-order valence-corrected chi connectivity index (χ3v) is 4.16. The Kier molecular flexibility index (Phi) is 4.82. The molecule has 0 unspecified atom stereocenters. The molecule has 0 aliphatic carbocycles. The van der Waals surface area contributed by atoms with Crippen LogP contribution in [-0.2, 0) is 0 Å². The maximum Gasteiger partial charge on any atom is 0.158 e. The van der Waals surface area contributed by atoms with Gasteiger partial charge in [-0.25, -0.2) is 8.78 Å². The number of hydrogen-bond donors (Lipinski definition) is 0. The van der Waals surface area contributed by atoms with Crippen molar-refractivity contribution in [3.05, 3.63) is 82.4 Å². The van der Waals surface area contributed by atoms with Gasteiger partial charge in [0.25, 0.3) is 0 Å². The molecule has 0 fully saturated rings. The normalized spacial score (nSPS) is 9.64. The van der Waals surface area contributed by atoms with Crippen LogP contribution in [0.5, 0.6) is 0 Å². The van der Waals surface area contributed by atoms with Crippen LogP contribution in [0.2, 0.25) is 0 Å². The van der Waals surface area contributed by atoms with Crippen LogP contribution >= 0.6 is 0 Å². The summed E-state index contributed by atoms with van der Waals surface area (Å²) in [6.45, 7) is 0. The summed E-state index contributed by atoms with van der Waals surface area (Å²) in [7, 11) is 0. The average molecular weight is 366 g/mol. The zero-order valence-corrected chi connectivity index (χ0v) is 14.2. The zero-order valence-electron chi connectivity index (χ0n) is 14.2. The van der Waals surface area contributed by atoms with Crippen molar-refractivity contribution in [2.75, 3.05) is 0 Å². The lowest BCUT2D eigenvalue weighted by Crippen LogP contribution is -1.93. The van der Waals surface area contributed by atoms with Crippen molar-refractivity contribution in [2.45, 2.75) is 0 Å². The number of hydrogen-bond acceptors (Lipinski definition) is 4. The molecular weight excluding hydrogens is 358 g/mol. The SMILES string of the molecule is N#Cc1cc(-c2cccc(-c3cc(C#N)c(F)c(C#N)c3)c2)cc(C#N)c1F. The molecule has 0 saturated heterocycles. The number of benzene rings is 3. The summed E-state index contributed by atoms with van der Waals surface area (Å²) in [5.41, 5.74) is 1.09. The Morgan fingerprint density at radius 3 is 1.11 bits per heavy atom. The lowest BCUT2D eigenvalue weighted by atomic mass is 9.95. The molecular formula is C22H8F2N4. The van der Waals surface area contributed by atoms with Crippen LogP contribution in [0.1, 0.15) is 22.3 Å². The van der Waals surface area contributed by atoms with Gasteiger partial charge in [0.2, 0.25) is 0 Å². The smallest absolute Gasteiger partial charge is 0.158 e. The number of nitrogens with zero attached hydrogens (tertiary/aromatic N) is 4. The van der Waals surface area contributed by atoms with E-state index >= 15 is 0 Å². The summed E-state index contributed by atoms with van der Waals surface area (Å²) in [5.74, 6) is -1.75. The molecule has 130 valence electrons. The van der Waals surface area contributed by atoms with Gasteiger partial charge in [-0.2, -0.15) is 21.0 Å². The molecule has 4 nitrogen and oxygen atoms in total. The Hall–Kier alpha value is -4.52. The molecule has 0 atom stereocenters. The summed E-state index contributed by atoms with van der Waals surface area (Å²) in [6.07, 6.45) is 0. The number of nitriles is 4. The largest absolute Gasteiger partial charge is 0.204 e. The molecule has 3 rings (SSSR count). The van der Waals surface area contributed by atoms with Crippen LogP contribution in [0, 0.1) is 57.0 Å². The van der Waals surface area contributed by atoms with E-state index in [4.69, 9.17) is 21.0 Å². The summed E-state index contributed by atoms with van der Waals surface area (Å²) in [6, 6.07) is 19.0. The molecule has 0 aliphatic rings. The van der Waals surface area contributed by atoms with Gasteiger partial charge in [-0.3, -0.25) is 0 Å². The Morgan fingerprint density at radius 1 is 0.500 bits per heavy atom. The first-order chi connectivity index (χ1) is 13.5. The van der Waals surface area contributed by atoms with Crippen LogP contribution in [0.15, 0.2) is 48.5 Å². The lowest BCUT2D eigenvalue weighted by molar-refractivity contribution is 0.620. The third kappa shape index (κ3) is 3.15. The molecule has 3 aromatic rings. The van der Waals surface area contributed by atoms with Crippen LogP contribution in [-0.4, -0.2) is 0 Å². The van der Waals surface area contributed by atoms with Crippen molar-refractivity contribution >= 4 is 0 Å². The minimum atomic E-state index is -0.874. The highest BCUT2D eigenvalue weighted by molar-refractivity contribution is 5.76. The van der Waals surface area contributed by atoms with Crippen LogP contribution in [0.25, 0.3) is 22.3 Å². The quantitative estimate of drug-likeness (QED) is 0.652. The van der Waals surface area contributed by atoms with E-state index in [0.29, 0.717) is 22.3 Å². The van der Waals surface area contributed by atoms with E-state index in [9.17, 15) is 8.78 Å². The Bertz CT molecular complexity index is 1110. The van der Waals surface area contributed by atoms with E-state index in [2.05, 4.69) is 0 Å². The summed E-state index contributed by atoms with van der Waals surface area (Å²) in [4.78, 5) is 0. The molecule has 0 radical (unpaired) electrons. The predicted molar refractivity (Wildman–Crippen MR) is 96.1 cm³/mol. The van der Waals surface area contributed by atoms with Crippen molar-refractivity contribution in [3.63, 3.8) is 0 Å². The Morgan fingerprint density at radius 2 is 0.821 bits per heavy atom. The van der Waals surface area contributed by atoms with Gasteiger partial charge < -0.3 is 0 Å². The van der Waals surface area contributed by atoms with Crippen LogP contribution < -0.4 is 0 Å². The highest BCUT2D eigenvalue weighted by Crippen LogP contribution is 2.30. The van der Waals surface area contributed by atoms with E-state index in [1.807, 2.05) is 0 Å². The highest BCUT2D eigenvalue weighted by Gasteiger charge is 2.14. The molecule has 3 aromatic carbocycles. The second-order valence-electron chi connectivity index (χ2n) is 5.80. The lowest BCUT2D eigenvalue weighted by Gasteiger charge is -2.09. The Balaban J connectivity index is 2.19. The predicted octanol–water partition coefficient (Wildman–Crippen LogP) is 4.79. The zero-order chi connectivity index (χ0) is 20.3. The van der Waals surface area contributed by atoms with E-state index < -0.39 is 11.6 Å². The minimum Gasteiger partial charge on any atom is -0.204 e. The fraction of sp³-hybridized carbons (Fsp3) is 0. The van der Waals surface area contributed by atoms with Crippen LogP contribution in [0.3, 0.4) is 0 Å². The molecule has 0 N–H and O–H groups in total. The molecule has 0 amide bonds. The fourth-order valence-corrected chi connectivity index (χ4v) is 2.79. The Labute approximate surface area is 159 Å². The maximum absolute atomic E-state index is 14.0. The van der Waals surface area contributed by atoms with Crippen molar-refractivity contribution in [1.29, 1.82) is 21.0 Å². The molecule has 0 aromatic heterocycles. The second kappa shape index (κ2) is 7.38. The summed E-state index contributed by atoms with van der Waals surface area (Å²) in [5, 5.41) is 36.4. The first kappa shape index (κ1) is 18.3.